The predicted octanol–water partition coefficient (Wildman–Crippen LogP) is 3.65. The minimum absolute atomic E-state index is 0.196. The van der Waals surface area contributed by atoms with Crippen LogP contribution in [0.4, 0.5) is 5.69 Å². The van der Waals surface area contributed by atoms with Gasteiger partial charge >= 0.3 is 0 Å². The van der Waals surface area contributed by atoms with Crippen LogP contribution in [-0.4, -0.2) is 39.2 Å². The predicted molar refractivity (Wildman–Crippen MR) is 122 cm³/mol. The summed E-state index contributed by atoms with van der Waals surface area (Å²) >= 11 is 0.329. The molecule has 0 bridgehead atoms. The van der Waals surface area contributed by atoms with Crippen molar-refractivity contribution in [1.82, 2.24) is 29.4 Å². The fourth-order valence-corrected chi connectivity index (χ4v) is 7.13. The van der Waals surface area contributed by atoms with E-state index >= 15 is 0 Å². The Kier molecular flexibility index (Phi) is 4.27. The first kappa shape index (κ1) is 18.8. The van der Waals surface area contributed by atoms with Gasteiger partial charge in [-0.15, -0.1) is 0 Å². The summed E-state index contributed by atoms with van der Waals surface area (Å²) in [4.78, 5) is 10.0. The molecular formula is C21H19N7OS2. The summed E-state index contributed by atoms with van der Waals surface area (Å²) in [6.07, 6.45) is 10.2. The second-order valence-electron chi connectivity index (χ2n) is 7.70. The Morgan fingerprint density at radius 2 is 2.10 bits per heavy atom. The largest absolute Gasteiger partial charge is 0.611 e. The lowest BCUT2D eigenvalue weighted by atomic mass is 10.00. The van der Waals surface area contributed by atoms with Crippen LogP contribution < -0.4 is 5.73 Å². The van der Waals surface area contributed by atoms with Crippen molar-refractivity contribution in [3.63, 3.8) is 0 Å². The zero-order chi connectivity index (χ0) is 21.1. The highest BCUT2D eigenvalue weighted by molar-refractivity contribution is 7.94. The molecule has 5 heterocycles. The minimum Gasteiger partial charge on any atom is -0.611 e. The summed E-state index contributed by atoms with van der Waals surface area (Å²) in [5, 5.41) is 9.80. The summed E-state index contributed by atoms with van der Waals surface area (Å²) < 4.78 is 17.4. The van der Waals surface area contributed by atoms with Gasteiger partial charge in [0.05, 0.1) is 17.6 Å². The lowest BCUT2D eigenvalue weighted by molar-refractivity contribution is 0.478. The van der Waals surface area contributed by atoms with Crippen LogP contribution in [0.25, 0.3) is 38.4 Å². The van der Waals surface area contributed by atoms with Gasteiger partial charge in [-0.2, -0.15) is 10.2 Å². The Morgan fingerprint density at radius 1 is 1.23 bits per heavy atom. The number of pyridine rings is 1. The number of thiophene rings is 1. The van der Waals surface area contributed by atoms with Crippen LogP contribution in [0.2, 0.25) is 0 Å². The first-order chi connectivity index (χ1) is 15.1. The van der Waals surface area contributed by atoms with Crippen LogP contribution in [0, 0.1) is 0 Å². The summed E-state index contributed by atoms with van der Waals surface area (Å²) in [5.74, 6) is 0. The molecule has 156 valence electrons. The van der Waals surface area contributed by atoms with Gasteiger partial charge in [-0.3, -0.25) is 4.68 Å². The fourth-order valence-electron chi connectivity index (χ4n) is 3.92. The van der Waals surface area contributed by atoms with E-state index in [9.17, 15) is 4.55 Å². The highest BCUT2D eigenvalue weighted by Crippen LogP contribution is 2.45. The van der Waals surface area contributed by atoms with Gasteiger partial charge in [0.25, 0.3) is 0 Å². The molecule has 0 aromatic carbocycles. The number of imidazole rings is 1. The monoisotopic (exact) mass is 449 g/mol. The van der Waals surface area contributed by atoms with Gasteiger partial charge in [-0.05, 0) is 37.5 Å². The van der Waals surface area contributed by atoms with Gasteiger partial charge in [0.1, 0.15) is 15.8 Å². The maximum absolute atomic E-state index is 13.1. The van der Waals surface area contributed by atoms with E-state index in [0.29, 0.717) is 5.69 Å². The lowest BCUT2D eigenvalue weighted by Crippen LogP contribution is -2.28. The van der Waals surface area contributed by atoms with Crippen LogP contribution in [0.5, 0.6) is 0 Å². The highest BCUT2D eigenvalue weighted by atomic mass is 32.2. The van der Waals surface area contributed by atoms with E-state index in [2.05, 4.69) is 15.2 Å². The third-order valence-electron chi connectivity index (χ3n) is 5.85. The van der Waals surface area contributed by atoms with Crippen molar-refractivity contribution >= 4 is 44.1 Å². The number of aryl methyl sites for hydroxylation is 1. The molecule has 1 aliphatic rings. The number of aromatic nitrogens is 6. The standard InChI is InChI=1S/C21H19N7OS2/c1-27-16(5-6-24-27)14-10-15(12-9-17-23-7-8-28(17)25-11-12)26-20-18(14)19(22)21(30-20)31(29)13-3-2-4-13/h5-11,13H,2-4,22H2,1H3. The number of anilines is 1. The molecule has 31 heavy (non-hydrogen) atoms. The van der Waals surface area contributed by atoms with Crippen LogP contribution in [0.3, 0.4) is 0 Å². The van der Waals surface area contributed by atoms with Crippen LogP contribution in [0.15, 0.2) is 47.2 Å². The Bertz CT molecular complexity index is 1430. The van der Waals surface area contributed by atoms with E-state index < -0.39 is 11.2 Å². The smallest absolute Gasteiger partial charge is 0.232 e. The zero-order valence-electron chi connectivity index (χ0n) is 16.7. The first-order valence-electron chi connectivity index (χ1n) is 10.0. The molecule has 1 aliphatic carbocycles. The van der Waals surface area contributed by atoms with Gasteiger partial charge in [0, 0.05) is 53.3 Å². The molecule has 6 rings (SSSR count). The number of nitrogens with zero attached hydrogens (tertiary/aromatic N) is 6. The Morgan fingerprint density at radius 3 is 2.84 bits per heavy atom. The number of rotatable bonds is 4. The van der Waals surface area contributed by atoms with E-state index in [1.165, 1.54) is 11.3 Å². The van der Waals surface area contributed by atoms with Crippen molar-refractivity contribution in [3.05, 3.63) is 43.0 Å². The molecule has 0 amide bonds. The normalized spacial score (nSPS) is 15.5. The Balaban J connectivity index is 1.59. The summed E-state index contributed by atoms with van der Waals surface area (Å²) in [7, 11) is 1.90. The quantitative estimate of drug-likeness (QED) is 0.419. The van der Waals surface area contributed by atoms with Crippen molar-refractivity contribution in [1.29, 1.82) is 0 Å². The molecule has 0 aliphatic heterocycles. The topological polar surface area (TPSA) is 110 Å². The van der Waals surface area contributed by atoms with Crippen LogP contribution >= 0.6 is 11.3 Å². The summed E-state index contributed by atoms with van der Waals surface area (Å²) in [6.45, 7) is 0. The number of nitrogens with two attached hydrogens (primary N) is 1. The summed E-state index contributed by atoms with van der Waals surface area (Å²) in [6, 6.07) is 5.92. The molecule has 0 spiro atoms. The molecule has 1 saturated carbocycles. The molecular weight excluding hydrogens is 430 g/mol. The maximum Gasteiger partial charge on any atom is 0.232 e. The average Bonchev–Trinajstić information content (AvgIpc) is 3.44. The van der Waals surface area contributed by atoms with Gasteiger partial charge in [-0.1, -0.05) is 11.3 Å². The van der Waals surface area contributed by atoms with E-state index in [1.807, 2.05) is 29.9 Å². The number of fused-ring (bicyclic) bond motifs is 2. The van der Waals surface area contributed by atoms with E-state index in [4.69, 9.17) is 10.7 Å². The number of hydrogen-bond donors (Lipinski definition) is 1. The zero-order valence-corrected chi connectivity index (χ0v) is 18.4. The molecule has 5 aromatic heterocycles. The molecule has 10 heteroatoms. The molecule has 1 atom stereocenters. The molecule has 0 saturated heterocycles. The third-order valence-corrected chi connectivity index (χ3v) is 9.15. The van der Waals surface area contributed by atoms with Gasteiger partial charge in [0.15, 0.2) is 5.65 Å². The SMILES string of the molecule is Cn1nccc1-c1cc(-c2cnn3ccnc3c2)nc2sc([S+]([O-])C3CCC3)c(N)c12. The number of hydrogen-bond acceptors (Lipinski definition) is 7. The Labute approximate surface area is 184 Å². The fraction of sp³-hybridized carbons (Fsp3) is 0.238. The molecule has 0 radical (unpaired) electrons. The number of nitrogen functional groups attached to an aromatic ring is 1. The molecule has 1 fully saturated rings. The molecule has 2 N–H and O–H groups in total. The third kappa shape index (κ3) is 2.93. The van der Waals surface area contributed by atoms with E-state index in [-0.39, 0.29) is 5.25 Å². The van der Waals surface area contributed by atoms with Gasteiger partial charge < -0.3 is 10.3 Å². The van der Waals surface area contributed by atoms with Crippen LogP contribution in [-0.2, 0) is 18.2 Å². The lowest BCUT2D eigenvalue weighted by Gasteiger charge is -2.27. The Hall–Kier alpha value is -2.95. The van der Waals surface area contributed by atoms with Crippen molar-refractivity contribution < 1.29 is 4.55 Å². The van der Waals surface area contributed by atoms with E-state index in [1.54, 1.807) is 29.3 Å². The highest BCUT2D eigenvalue weighted by Gasteiger charge is 2.35. The molecule has 5 aromatic rings. The minimum atomic E-state index is -1.10. The molecule has 8 nitrogen and oxygen atoms in total. The van der Waals surface area contributed by atoms with Gasteiger partial charge in [0.2, 0.25) is 4.21 Å². The van der Waals surface area contributed by atoms with E-state index in [0.717, 1.165) is 61.9 Å². The molecule has 1 unspecified atom stereocenters. The van der Waals surface area contributed by atoms with Crippen molar-refractivity contribution in [2.75, 3.05) is 5.73 Å². The van der Waals surface area contributed by atoms with Gasteiger partial charge in [-0.25, -0.2) is 14.5 Å². The summed E-state index contributed by atoms with van der Waals surface area (Å²) in [5.41, 5.74) is 11.4. The van der Waals surface area contributed by atoms with Crippen molar-refractivity contribution in [2.45, 2.75) is 28.7 Å². The van der Waals surface area contributed by atoms with Crippen molar-refractivity contribution in [2.24, 2.45) is 7.05 Å². The van der Waals surface area contributed by atoms with Crippen LogP contribution in [0.1, 0.15) is 19.3 Å². The second kappa shape index (κ2) is 7.04. The first-order valence-corrected chi connectivity index (χ1v) is 12.0. The average molecular weight is 450 g/mol. The second-order valence-corrected chi connectivity index (χ2v) is 10.6. The maximum atomic E-state index is 13.1. The van der Waals surface area contributed by atoms with Crippen molar-refractivity contribution in [3.8, 4) is 22.5 Å².